The van der Waals surface area contributed by atoms with Crippen molar-refractivity contribution in [3.63, 3.8) is 0 Å². The Hall–Kier alpha value is -4.13. The highest BCUT2D eigenvalue weighted by Crippen LogP contribution is 2.30. The number of nitrogens with zero attached hydrogens (tertiary/aromatic N) is 2. The Balaban J connectivity index is 1.56. The van der Waals surface area contributed by atoms with Gasteiger partial charge in [0.25, 0.3) is 5.91 Å². The van der Waals surface area contributed by atoms with E-state index in [4.69, 9.17) is 9.47 Å². The minimum absolute atomic E-state index is 0.183. The maximum Gasteiger partial charge on any atom is 0.416 e. The molecule has 0 fully saturated rings. The van der Waals surface area contributed by atoms with Crippen molar-refractivity contribution in [1.82, 2.24) is 9.80 Å². The number of para-hydroxylation sites is 1. The summed E-state index contributed by atoms with van der Waals surface area (Å²) >= 11 is 0. The zero-order valence-electron chi connectivity index (χ0n) is 28.5. The summed E-state index contributed by atoms with van der Waals surface area (Å²) in [6.45, 7) is 7.04. The van der Waals surface area contributed by atoms with E-state index in [-0.39, 0.29) is 42.7 Å². The first-order valence-corrected chi connectivity index (χ1v) is 16.7. The van der Waals surface area contributed by atoms with Gasteiger partial charge in [0.1, 0.15) is 5.75 Å². The lowest BCUT2D eigenvalue weighted by Gasteiger charge is -2.36. The standard InChI is InChI=1S/C37H47F3N4O5/c1-25-21-44(26(2)24-45)35(46)32-20-31(42-36(47)41-30-11-6-5-7-12-30)17-18-33(32)49-27(3)10-8-9-19-48-34(25)23-43(4)22-28-13-15-29(16-14-28)37(38,39)40/h5-7,11-18,20,25-27,34,45H,8-10,19,21-24H2,1-4H3,(H2,41,42,47)/t25-,26+,27-,34+/m1/s1. The molecular formula is C37H47F3N4O5. The number of rotatable bonds is 8. The smallest absolute Gasteiger partial charge is 0.416 e. The summed E-state index contributed by atoms with van der Waals surface area (Å²) in [5, 5.41) is 15.8. The molecule has 12 heteroatoms. The van der Waals surface area contributed by atoms with Gasteiger partial charge in [-0.1, -0.05) is 37.3 Å². The molecule has 0 spiro atoms. The van der Waals surface area contributed by atoms with Crippen molar-refractivity contribution in [2.45, 2.75) is 71.0 Å². The molecule has 4 rings (SSSR count). The van der Waals surface area contributed by atoms with Crippen LogP contribution in [0.2, 0.25) is 0 Å². The topological polar surface area (TPSA) is 103 Å². The SMILES string of the molecule is C[C@@H]1CCCCO[C@@H](CN(C)Cc2ccc(C(F)(F)F)cc2)[C@H](C)CN([C@@H](C)CO)C(=O)c2cc(NC(=O)Nc3ccccc3)ccc2O1. The maximum absolute atomic E-state index is 14.3. The summed E-state index contributed by atoms with van der Waals surface area (Å²) in [7, 11) is 1.89. The molecule has 9 nitrogen and oxygen atoms in total. The van der Waals surface area contributed by atoms with Gasteiger partial charge in [0.05, 0.1) is 36.0 Å². The van der Waals surface area contributed by atoms with Crippen LogP contribution in [0.1, 0.15) is 61.5 Å². The normalized spacial score (nSPS) is 20.1. The van der Waals surface area contributed by atoms with Crippen LogP contribution in [-0.2, 0) is 17.5 Å². The number of halogens is 3. The second kappa shape index (κ2) is 17.5. The molecule has 1 heterocycles. The first kappa shape index (κ1) is 37.7. The minimum atomic E-state index is -4.40. The van der Waals surface area contributed by atoms with Crippen molar-refractivity contribution < 1.29 is 37.3 Å². The number of carbonyl (C=O) groups excluding carboxylic acids is 2. The van der Waals surface area contributed by atoms with E-state index in [9.17, 15) is 27.9 Å². The Kier molecular flexibility index (Phi) is 13.5. The van der Waals surface area contributed by atoms with E-state index in [1.807, 2.05) is 44.0 Å². The summed E-state index contributed by atoms with van der Waals surface area (Å²) in [6.07, 6.45) is -2.56. The third-order valence-electron chi connectivity index (χ3n) is 8.57. The summed E-state index contributed by atoms with van der Waals surface area (Å²) in [5.41, 5.74) is 1.32. The number of urea groups is 1. The van der Waals surface area contributed by atoms with Gasteiger partial charge in [0.2, 0.25) is 0 Å². The summed E-state index contributed by atoms with van der Waals surface area (Å²) in [6, 6.07) is 18.1. The molecule has 0 aliphatic carbocycles. The van der Waals surface area contributed by atoms with E-state index in [0.29, 0.717) is 36.8 Å². The fourth-order valence-electron chi connectivity index (χ4n) is 5.76. The average molecular weight is 685 g/mol. The van der Waals surface area contributed by atoms with Crippen molar-refractivity contribution in [2.24, 2.45) is 5.92 Å². The number of hydrogen-bond acceptors (Lipinski definition) is 6. The highest BCUT2D eigenvalue weighted by molar-refractivity contribution is 6.02. The number of fused-ring (bicyclic) bond motifs is 1. The van der Waals surface area contributed by atoms with Crippen LogP contribution in [0, 0.1) is 5.92 Å². The number of carbonyl (C=O) groups is 2. The van der Waals surface area contributed by atoms with Gasteiger partial charge in [0.15, 0.2) is 0 Å². The summed E-state index contributed by atoms with van der Waals surface area (Å²) in [5.74, 6) is -0.163. The molecule has 0 saturated carbocycles. The molecule has 49 heavy (non-hydrogen) atoms. The highest BCUT2D eigenvalue weighted by Gasteiger charge is 2.32. The Bertz CT molecular complexity index is 1510. The molecule has 4 atom stereocenters. The Morgan fingerprint density at radius 3 is 2.39 bits per heavy atom. The monoisotopic (exact) mass is 684 g/mol. The predicted octanol–water partition coefficient (Wildman–Crippen LogP) is 7.28. The number of ether oxygens (including phenoxy) is 2. The number of benzene rings is 3. The van der Waals surface area contributed by atoms with Gasteiger partial charge in [-0.15, -0.1) is 0 Å². The van der Waals surface area contributed by atoms with Gasteiger partial charge < -0.3 is 30.1 Å². The van der Waals surface area contributed by atoms with E-state index >= 15 is 0 Å². The van der Waals surface area contributed by atoms with E-state index in [0.717, 1.165) is 37.0 Å². The van der Waals surface area contributed by atoms with Crippen LogP contribution in [0.3, 0.4) is 0 Å². The molecule has 3 aromatic carbocycles. The highest BCUT2D eigenvalue weighted by atomic mass is 19.4. The number of nitrogens with one attached hydrogen (secondary N) is 2. The number of amides is 3. The molecule has 3 N–H and O–H groups in total. The van der Waals surface area contributed by atoms with Crippen molar-refractivity contribution in [3.05, 3.63) is 89.5 Å². The van der Waals surface area contributed by atoms with Crippen LogP contribution >= 0.6 is 0 Å². The molecule has 0 saturated heterocycles. The van der Waals surface area contributed by atoms with E-state index < -0.39 is 23.8 Å². The lowest BCUT2D eigenvalue weighted by molar-refractivity contribution is -0.137. The van der Waals surface area contributed by atoms with Crippen LogP contribution in [0.5, 0.6) is 5.75 Å². The van der Waals surface area contributed by atoms with E-state index in [2.05, 4.69) is 10.6 Å². The molecule has 266 valence electrons. The van der Waals surface area contributed by atoms with Gasteiger partial charge in [-0.25, -0.2) is 4.79 Å². The summed E-state index contributed by atoms with van der Waals surface area (Å²) < 4.78 is 51.8. The molecule has 3 aromatic rings. The van der Waals surface area contributed by atoms with Crippen LogP contribution in [0.25, 0.3) is 0 Å². The van der Waals surface area contributed by atoms with Crippen molar-refractivity contribution in [3.8, 4) is 5.75 Å². The second-order valence-corrected chi connectivity index (χ2v) is 12.8. The van der Waals surface area contributed by atoms with E-state index in [1.165, 1.54) is 12.1 Å². The molecule has 0 bridgehead atoms. The molecular weight excluding hydrogens is 637 g/mol. The Morgan fingerprint density at radius 1 is 1.02 bits per heavy atom. The second-order valence-electron chi connectivity index (χ2n) is 12.8. The van der Waals surface area contributed by atoms with Gasteiger partial charge in [-0.05, 0) is 88.2 Å². The molecule has 0 radical (unpaired) electrons. The number of aliphatic hydroxyl groups excluding tert-OH is 1. The molecule has 0 aromatic heterocycles. The number of anilines is 2. The van der Waals surface area contributed by atoms with Crippen LogP contribution in [-0.4, -0.2) is 78.4 Å². The number of likely N-dealkylation sites (N-methyl/N-ethyl adjacent to an activating group) is 1. The Labute approximate surface area is 286 Å². The molecule has 1 aliphatic heterocycles. The van der Waals surface area contributed by atoms with Gasteiger partial charge >= 0.3 is 12.2 Å². The number of aliphatic hydroxyl groups is 1. The fourth-order valence-corrected chi connectivity index (χ4v) is 5.76. The quantitative estimate of drug-likeness (QED) is 0.231. The van der Waals surface area contributed by atoms with Crippen LogP contribution in [0.15, 0.2) is 72.8 Å². The van der Waals surface area contributed by atoms with Crippen molar-refractivity contribution in [2.75, 3.05) is 44.0 Å². The lowest BCUT2D eigenvalue weighted by Crippen LogP contribution is -2.47. The average Bonchev–Trinajstić information content (AvgIpc) is 3.06. The number of alkyl halides is 3. The third-order valence-corrected chi connectivity index (χ3v) is 8.57. The predicted molar refractivity (Wildman–Crippen MR) is 184 cm³/mol. The first-order chi connectivity index (χ1) is 23.3. The van der Waals surface area contributed by atoms with E-state index in [1.54, 1.807) is 42.2 Å². The zero-order valence-corrected chi connectivity index (χ0v) is 28.5. The van der Waals surface area contributed by atoms with Gasteiger partial charge in [-0.2, -0.15) is 13.2 Å². The zero-order chi connectivity index (χ0) is 35.6. The minimum Gasteiger partial charge on any atom is -0.490 e. The maximum atomic E-state index is 14.3. The van der Waals surface area contributed by atoms with Crippen LogP contribution < -0.4 is 15.4 Å². The van der Waals surface area contributed by atoms with Crippen LogP contribution in [0.4, 0.5) is 29.3 Å². The van der Waals surface area contributed by atoms with Gasteiger partial charge in [0, 0.05) is 43.5 Å². The fraction of sp³-hybridized carbons (Fsp3) is 0.459. The van der Waals surface area contributed by atoms with Crippen molar-refractivity contribution in [1.29, 1.82) is 0 Å². The molecule has 3 amide bonds. The Morgan fingerprint density at radius 2 is 1.71 bits per heavy atom. The summed E-state index contributed by atoms with van der Waals surface area (Å²) in [4.78, 5) is 30.7. The van der Waals surface area contributed by atoms with Crippen molar-refractivity contribution >= 4 is 23.3 Å². The molecule has 0 unspecified atom stereocenters. The third kappa shape index (κ3) is 11.2. The first-order valence-electron chi connectivity index (χ1n) is 16.7. The largest absolute Gasteiger partial charge is 0.490 e. The number of hydrogen-bond donors (Lipinski definition) is 3. The molecule has 1 aliphatic rings. The lowest BCUT2D eigenvalue weighted by atomic mass is 10.0. The van der Waals surface area contributed by atoms with Gasteiger partial charge in [-0.3, -0.25) is 9.69 Å².